The van der Waals surface area contributed by atoms with E-state index >= 15 is 0 Å². The SMILES string of the molecule is CCN(C)c1ccc(-c2noc([C@@H](C)CS(C)(=O)=O)n2)cc1. The molecule has 1 atom stereocenters. The van der Waals surface area contributed by atoms with Crippen LogP contribution >= 0.6 is 0 Å². The Morgan fingerprint density at radius 3 is 2.45 bits per heavy atom. The molecule has 0 aliphatic heterocycles. The lowest BCUT2D eigenvalue weighted by Crippen LogP contribution is -2.15. The summed E-state index contributed by atoms with van der Waals surface area (Å²) in [5.74, 6) is 0.493. The molecule has 1 heterocycles. The van der Waals surface area contributed by atoms with Crippen LogP contribution in [0.3, 0.4) is 0 Å². The number of hydrogen-bond donors (Lipinski definition) is 0. The minimum atomic E-state index is -3.08. The third-order valence-electron chi connectivity index (χ3n) is 3.46. The largest absolute Gasteiger partial charge is 0.375 e. The molecule has 7 heteroatoms. The third-order valence-corrected chi connectivity index (χ3v) is 4.56. The first-order valence-electron chi connectivity index (χ1n) is 7.13. The molecule has 0 fully saturated rings. The van der Waals surface area contributed by atoms with Crippen molar-refractivity contribution in [3.8, 4) is 11.4 Å². The molecule has 0 aliphatic rings. The molecular weight excluding hydrogens is 302 g/mol. The van der Waals surface area contributed by atoms with Crippen LogP contribution in [0, 0.1) is 0 Å². The maximum absolute atomic E-state index is 11.3. The first-order valence-corrected chi connectivity index (χ1v) is 9.19. The van der Waals surface area contributed by atoms with Gasteiger partial charge in [0.1, 0.15) is 9.84 Å². The van der Waals surface area contributed by atoms with Gasteiger partial charge in [-0.05, 0) is 31.2 Å². The highest BCUT2D eigenvalue weighted by Gasteiger charge is 2.19. The maximum atomic E-state index is 11.3. The van der Waals surface area contributed by atoms with Gasteiger partial charge in [-0.2, -0.15) is 4.98 Å². The fourth-order valence-electron chi connectivity index (χ4n) is 2.13. The molecule has 1 aromatic heterocycles. The molecule has 22 heavy (non-hydrogen) atoms. The normalized spacial score (nSPS) is 13.1. The molecule has 0 saturated heterocycles. The van der Waals surface area contributed by atoms with Crippen molar-refractivity contribution in [2.45, 2.75) is 19.8 Å². The highest BCUT2D eigenvalue weighted by atomic mass is 32.2. The zero-order valence-electron chi connectivity index (χ0n) is 13.3. The van der Waals surface area contributed by atoms with Gasteiger partial charge in [-0.25, -0.2) is 8.42 Å². The Morgan fingerprint density at radius 1 is 1.27 bits per heavy atom. The first kappa shape index (κ1) is 16.5. The van der Waals surface area contributed by atoms with Gasteiger partial charge in [-0.1, -0.05) is 12.1 Å². The zero-order valence-corrected chi connectivity index (χ0v) is 14.1. The number of hydrogen-bond acceptors (Lipinski definition) is 6. The summed E-state index contributed by atoms with van der Waals surface area (Å²) in [6, 6.07) is 7.85. The van der Waals surface area contributed by atoms with Crippen LogP contribution in [-0.4, -0.2) is 44.2 Å². The highest BCUT2D eigenvalue weighted by Crippen LogP contribution is 2.23. The Bertz CT molecular complexity index is 723. The van der Waals surface area contributed by atoms with Gasteiger partial charge in [-0.3, -0.25) is 0 Å². The molecule has 0 N–H and O–H groups in total. The van der Waals surface area contributed by atoms with Crippen molar-refractivity contribution in [3.63, 3.8) is 0 Å². The lowest BCUT2D eigenvalue weighted by molar-refractivity contribution is 0.366. The molecule has 6 nitrogen and oxygen atoms in total. The maximum Gasteiger partial charge on any atom is 0.230 e. The number of aromatic nitrogens is 2. The summed E-state index contributed by atoms with van der Waals surface area (Å²) in [4.78, 5) is 6.43. The minimum Gasteiger partial charge on any atom is -0.375 e. The molecule has 0 radical (unpaired) electrons. The van der Waals surface area contributed by atoms with Crippen molar-refractivity contribution in [3.05, 3.63) is 30.2 Å². The second-order valence-corrected chi connectivity index (χ2v) is 7.70. The van der Waals surface area contributed by atoms with Crippen LogP contribution in [0.15, 0.2) is 28.8 Å². The van der Waals surface area contributed by atoms with Crippen LogP contribution < -0.4 is 4.90 Å². The van der Waals surface area contributed by atoms with E-state index in [1.165, 1.54) is 6.26 Å². The summed E-state index contributed by atoms with van der Waals surface area (Å²) in [5.41, 5.74) is 1.95. The predicted octanol–water partition coefficient (Wildman–Crippen LogP) is 2.34. The summed E-state index contributed by atoms with van der Waals surface area (Å²) in [5, 5.41) is 3.94. The Morgan fingerprint density at radius 2 is 1.91 bits per heavy atom. The highest BCUT2D eigenvalue weighted by molar-refractivity contribution is 7.90. The number of benzene rings is 1. The van der Waals surface area contributed by atoms with E-state index in [9.17, 15) is 8.42 Å². The minimum absolute atomic E-state index is 0.00509. The van der Waals surface area contributed by atoms with Gasteiger partial charge in [-0.15, -0.1) is 0 Å². The molecule has 1 aromatic carbocycles. The van der Waals surface area contributed by atoms with E-state index in [4.69, 9.17) is 4.52 Å². The summed E-state index contributed by atoms with van der Waals surface area (Å²) >= 11 is 0. The van der Waals surface area contributed by atoms with Gasteiger partial charge < -0.3 is 9.42 Å². The Balaban J connectivity index is 2.17. The van der Waals surface area contributed by atoms with Crippen molar-refractivity contribution in [2.75, 3.05) is 30.5 Å². The second-order valence-electron chi connectivity index (χ2n) is 5.51. The Hall–Kier alpha value is -1.89. The van der Waals surface area contributed by atoms with Crippen molar-refractivity contribution < 1.29 is 12.9 Å². The molecule has 0 amide bonds. The lowest BCUT2D eigenvalue weighted by Gasteiger charge is -2.16. The average Bonchev–Trinajstić information content (AvgIpc) is 2.95. The molecule has 0 saturated carbocycles. The quantitative estimate of drug-likeness (QED) is 0.812. The van der Waals surface area contributed by atoms with E-state index in [1.54, 1.807) is 6.92 Å². The van der Waals surface area contributed by atoms with Crippen LogP contribution in [0.1, 0.15) is 25.7 Å². The summed E-state index contributed by atoms with van der Waals surface area (Å²) < 4.78 is 27.8. The third kappa shape index (κ3) is 4.07. The molecule has 0 unspecified atom stereocenters. The second kappa shape index (κ2) is 6.48. The molecule has 0 aliphatic carbocycles. The van der Waals surface area contributed by atoms with Crippen LogP contribution in [0.2, 0.25) is 0 Å². The van der Waals surface area contributed by atoms with Crippen LogP contribution in [0.25, 0.3) is 11.4 Å². The van der Waals surface area contributed by atoms with Gasteiger partial charge in [0.2, 0.25) is 11.7 Å². The molecule has 2 aromatic rings. The standard InChI is InChI=1S/C15H21N3O3S/c1-5-18(3)13-8-6-12(7-9-13)14-16-15(21-17-14)11(2)10-22(4,19)20/h6-9,11H,5,10H2,1-4H3/t11-/m0/s1. The summed E-state index contributed by atoms with van der Waals surface area (Å²) in [7, 11) is -1.06. The fraction of sp³-hybridized carbons (Fsp3) is 0.467. The number of sulfone groups is 1. The van der Waals surface area contributed by atoms with Crippen molar-refractivity contribution in [1.29, 1.82) is 0 Å². The molecule has 2 rings (SSSR count). The van der Waals surface area contributed by atoms with E-state index in [-0.39, 0.29) is 11.7 Å². The van der Waals surface area contributed by atoms with E-state index in [1.807, 2.05) is 31.3 Å². The van der Waals surface area contributed by atoms with Crippen LogP contribution in [-0.2, 0) is 9.84 Å². The average molecular weight is 323 g/mol. The fourth-order valence-corrected chi connectivity index (χ4v) is 3.18. The molecule has 120 valence electrons. The summed E-state index contributed by atoms with van der Waals surface area (Å²) in [6.45, 7) is 4.77. The number of rotatable bonds is 6. The van der Waals surface area contributed by atoms with E-state index < -0.39 is 9.84 Å². The lowest BCUT2D eigenvalue weighted by atomic mass is 10.2. The first-order chi connectivity index (χ1) is 10.3. The smallest absolute Gasteiger partial charge is 0.230 e. The van der Waals surface area contributed by atoms with Gasteiger partial charge in [0.15, 0.2) is 0 Å². The topological polar surface area (TPSA) is 76.3 Å². The number of anilines is 1. The number of nitrogens with zero attached hydrogens (tertiary/aromatic N) is 3. The van der Waals surface area contributed by atoms with Gasteiger partial charge in [0, 0.05) is 37.0 Å². The monoisotopic (exact) mass is 323 g/mol. The van der Waals surface area contributed by atoms with Crippen molar-refractivity contribution in [2.24, 2.45) is 0 Å². The Labute approximate surface area is 131 Å². The Kier molecular flexibility index (Phi) is 4.85. The molecule has 0 spiro atoms. The zero-order chi connectivity index (χ0) is 16.3. The molecular formula is C15H21N3O3S. The van der Waals surface area contributed by atoms with Crippen LogP contribution in [0.5, 0.6) is 0 Å². The van der Waals surface area contributed by atoms with Crippen LogP contribution in [0.4, 0.5) is 5.69 Å². The van der Waals surface area contributed by atoms with E-state index in [0.717, 1.165) is 17.8 Å². The predicted molar refractivity (Wildman–Crippen MR) is 86.8 cm³/mol. The van der Waals surface area contributed by atoms with Gasteiger partial charge >= 0.3 is 0 Å². The van der Waals surface area contributed by atoms with Gasteiger partial charge in [0.25, 0.3) is 0 Å². The summed E-state index contributed by atoms with van der Waals surface area (Å²) in [6.07, 6.45) is 1.20. The van der Waals surface area contributed by atoms with E-state index in [2.05, 4.69) is 22.0 Å². The van der Waals surface area contributed by atoms with Crippen molar-refractivity contribution >= 4 is 15.5 Å². The van der Waals surface area contributed by atoms with Crippen molar-refractivity contribution in [1.82, 2.24) is 10.1 Å². The van der Waals surface area contributed by atoms with E-state index in [0.29, 0.717) is 11.7 Å². The molecule has 0 bridgehead atoms. The van der Waals surface area contributed by atoms with Gasteiger partial charge in [0.05, 0.1) is 5.75 Å².